The van der Waals surface area contributed by atoms with E-state index in [1.807, 2.05) is 24.1 Å². The summed E-state index contributed by atoms with van der Waals surface area (Å²) in [7, 11) is 1.82. The molecule has 1 fully saturated rings. The monoisotopic (exact) mass is 418 g/mol. The van der Waals surface area contributed by atoms with E-state index < -0.39 is 0 Å². The smallest absolute Gasteiger partial charge is 0.223 e. The largest absolute Gasteiger partial charge is 0.356 e. The van der Waals surface area contributed by atoms with E-state index in [9.17, 15) is 4.79 Å². The van der Waals surface area contributed by atoms with Crippen LogP contribution in [0.2, 0.25) is 0 Å². The Kier molecular flexibility index (Phi) is 7.23. The Morgan fingerprint density at radius 2 is 1.61 bits per heavy atom. The molecule has 164 valence electrons. The van der Waals surface area contributed by atoms with Crippen molar-refractivity contribution >= 4 is 11.9 Å². The number of amides is 1. The van der Waals surface area contributed by atoms with Gasteiger partial charge >= 0.3 is 0 Å². The number of nitrogens with one attached hydrogen (secondary N) is 2. The third kappa shape index (κ3) is 5.66. The van der Waals surface area contributed by atoms with Crippen LogP contribution in [0.4, 0.5) is 0 Å². The lowest BCUT2D eigenvalue weighted by molar-refractivity contribution is -0.131. The summed E-state index contributed by atoms with van der Waals surface area (Å²) in [5.41, 5.74) is 4.02. The van der Waals surface area contributed by atoms with Crippen LogP contribution in [0.15, 0.2) is 59.6 Å². The van der Waals surface area contributed by atoms with Gasteiger partial charge < -0.3 is 15.5 Å². The summed E-state index contributed by atoms with van der Waals surface area (Å²) < 4.78 is 0. The average Bonchev–Trinajstić information content (AvgIpc) is 3.26. The molecule has 4 rings (SSSR count). The second-order valence-corrected chi connectivity index (χ2v) is 8.72. The minimum absolute atomic E-state index is 0.236. The van der Waals surface area contributed by atoms with Crippen molar-refractivity contribution in [2.24, 2.45) is 4.99 Å². The Hall–Kier alpha value is -2.82. The highest BCUT2D eigenvalue weighted by Gasteiger charge is 2.24. The fraction of sp³-hybridized carbons (Fsp3) is 0.462. The quantitative estimate of drug-likeness (QED) is 0.420. The molecular formula is C26H34N4O. The van der Waals surface area contributed by atoms with Gasteiger partial charge in [0, 0.05) is 39.1 Å². The fourth-order valence-electron chi connectivity index (χ4n) is 4.80. The van der Waals surface area contributed by atoms with E-state index in [-0.39, 0.29) is 5.91 Å². The van der Waals surface area contributed by atoms with Crippen LogP contribution in [0.1, 0.15) is 61.1 Å². The van der Waals surface area contributed by atoms with E-state index >= 15 is 0 Å². The Balaban J connectivity index is 1.13. The zero-order valence-electron chi connectivity index (χ0n) is 18.5. The van der Waals surface area contributed by atoms with Crippen LogP contribution < -0.4 is 10.6 Å². The minimum atomic E-state index is 0.236. The number of fused-ring (bicyclic) bond motifs is 1. The van der Waals surface area contributed by atoms with E-state index in [1.165, 1.54) is 29.5 Å². The van der Waals surface area contributed by atoms with E-state index in [0.717, 1.165) is 44.9 Å². The maximum absolute atomic E-state index is 12.5. The Bertz CT molecular complexity index is 862. The van der Waals surface area contributed by atoms with Gasteiger partial charge in [-0.3, -0.25) is 9.79 Å². The van der Waals surface area contributed by atoms with Crippen molar-refractivity contribution in [1.82, 2.24) is 15.5 Å². The number of hydrogen-bond acceptors (Lipinski definition) is 2. The third-order valence-electron chi connectivity index (χ3n) is 6.62. The molecule has 0 aromatic heterocycles. The summed E-state index contributed by atoms with van der Waals surface area (Å²) in [5, 5.41) is 6.97. The molecule has 2 aliphatic rings. The molecule has 0 atom stereocenters. The van der Waals surface area contributed by atoms with Crippen LogP contribution in [0.5, 0.6) is 0 Å². The van der Waals surface area contributed by atoms with Crippen molar-refractivity contribution in [3.63, 3.8) is 0 Å². The predicted octanol–water partition coefficient (Wildman–Crippen LogP) is 4.20. The number of nitrogens with zero attached hydrogens (tertiary/aromatic N) is 2. The second-order valence-electron chi connectivity index (χ2n) is 8.72. The number of carbonyl (C=O) groups is 1. The van der Waals surface area contributed by atoms with Gasteiger partial charge in [-0.25, -0.2) is 0 Å². The molecule has 1 heterocycles. The first-order chi connectivity index (χ1) is 15.2. The molecule has 0 radical (unpaired) electrons. The topological polar surface area (TPSA) is 56.7 Å². The van der Waals surface area contributed by atoms with Gasteiger partial charge in [-0.1, -0.05) is 54.6 Å². The molecular weight excluding hydrogens is 384 g/mol. The first kappa shape index (κ1) is 21.4. The number of aliphatic imine (C=N–C) groups is 1. The molecule has 1 aliphatic carbocycles. The first-order valence-electron chi connectivity index (χ1n) is 11.6. The Morgan fingerprint density at radius 3 is 2.26 bits per heavy atom. The zero-order valence-corrected chi connectivity index (χ0v) is 18.5. The van der Waals surface area contributed by atoms with E-state index in [1.54, 1.807) is 0 Å². The molecule has 2 aromatic carbocycles. The summed E-state index contributed by atoms with van der Waals surface area (Å²) in [6.45, 7) is 2.25. The minimum Gasteiger partial charge on any atom is -0.356 e. The molecule has 2 N–H and O–H groups in total. The molecule has 0 spiro atoms. The molecule has 5 nitrogen and oxygen atoms in total. The number of benzene rings is 2. The van der Waals surface area contributed by atoms with E-state index in [0.29, 0.717) is 18.4 Å². The van der Waals surface area contributed by atoms with Crippen LogP contribution in [-0.4, -0.2) is 36.4 Å². The van der Waals surface area contributed by atoms with Crippen molar-refractivity contribution in [3.05, 3.63) is 71.3 Å². The summed E-state index contributed by atoms with van der Waals surface area (Å²) >= 11 is 0. The maximum Gasteiger partial charge on any atom is 0.223 e. The van der Waals surface area contributed by atoms with Gasteiger partial charge in [-0.05, 0) is 54.7 Å². The van der Waals surface area contributed by atoms with Crippen LogP contribution in [-0.2, 0) is 17.9 Å². The van der Waals surface area contributed by atoms with Gasteiger partial charge in [-0.15, -0.1) is 0 Å². The van der Waals surface area contributed by atoms with Gasteiger partial charge in [-0.2, -0.15) is 0 Å². The van der Waals surface area contributed by atoms with Gasteiger partial charge in [0.05, 0.1) is 0 Å². The molecule has 0 unspecified atom stereocenters. The summed E-state index contributed by atoms with van der Waals surface area (Å²) in [6, 6.07) is 19.7. The second kappa shape index (κ2) is 10.5. The van der Waals surface area contributed by atoms with Gasteiger partial charge in [0.1, 0.15) is 0 Å². The first-order valence-corrected chi connectivity index (χ1v) is 11.6. The molecule has 0 bridgehead atoms. The van der Waals surface area contributed by atoms with Crippen molar-refractivity contribution in [1.29, 1.82) is 0 Å². The molecule has 1 amide bonds. The van der Waals surface area contributed by atoms with Crippen LogP contribution in [0.3, 0.4) is 0 Å². The lowest BCUT2D eigenvalue weighted by atomic mass is 9.82. The fourth-order valence-corrected chi connectivity index (χ4v) is 4.80. The normalized spacial score (nSPS) is 20.9. The molecule has 1 aliphatic heterocycles. The Labute approximate surface area is 186 Å². The van der Waals surface area contributed by atoms with Gasteiger partial charge in [0.2, 0.25) is 5.91 Å². The summed E-state index contributed by atoms with van der Waals surface area (Å²) in [4.78, 5) is 18.9. The summed E-state index contributed by atoms with van der Waals surface area (Å²) in [6.07, 6.45) is 6.13. The molecule has 5 heteroatoms. The lowest BCUT2D eigenvalue weighted by Crippen LogP contribution is -2.45. The summed E-state index contributed by atoms with van der Waals surface area (Å²) in [5.74, 6) is 1.77. The van der Waals surface area contributed by atoms with E-state index in [4.69, 9.17) is 0 Å². The number of rotatable bonds is 6. The van der Waals surface area contributed by atoms with Gasteiger partial charge in [0.15, 0.2) is 5.96 Å². The lowest BCUT2D eigenvalue weighted by Gasteiger charge is -2.30. The van der Waals surface area contributed by atoms with Crippen molar-refractivity contribution in [2.75, 3.05) is 13.6 Å². The third-order valence-corrected chi connectivity index (χ3v) is 6.62. The van der Waals surface area contributed by atoms with Crippen LogP contribution in [0.25, 0.3) is 0 Å². The molecule has 1 saturated carbocycles. The predicted molar refractivity (Wildman–Crippen MR) is 126 cm³/mol. The highest BCUT2D eigenvalue weighted by atomic mass is 16.2. The number of hydrogen-bond donors (Lipinski definition) is 2. The zero-order chi connectivity index (χ0) is 21.5. The van der Waals surface area contributed by atoms with Crippen molar-refractivity contribution in [2.45, 2.75) is 63.6 Å². The van der Waals surface area contributed by atoms with Gasteiger partial charge in [0.25, 0.3) is 0 Å². The standard InChI is InChI=1S/C26H34N4O/c1-27-26(29-24-15-13-21(14-16-24)20-8-3-2-4-9-20)28-17-7-12-25(31)30-18-22-10-5-6-11-23(22)19-30/h2-6,8-11,21,24H,7,12-19H2,1H3,(H2,27,28,29). The van der Waals surface area contributed by atoms with Crippen molar-refractivity contribution < 1.29 is 4.79 Å². The highest BCUT2D eigenvalue weighted by Crippen LogP contribution is 2.32. The number of carbonyl (C=O) groups excluding carboxylic acids is 1. The van der Waals surface area contributed by atoms with Crippen molar-refractivity contribution in [3.8, 4) is 0 Å². The molecule has 2 aromatic rings. The SMILES string of the molecule is CN=C(NCCCC(=O)N1Cc2ccccc2C1)NC1CCC(c2ccccc2)CC1. The maximum atomic E-state index is 12.5. The van der Waals surface area contributed by atoms with Crippen LogP contribution >= 0.6 is 0 Å². The Morgan fingerprint density at radius 1 is 0.968 bits per heavy atom. The highest BCUT2D eigenvalue weighted by molar-refractivity contribution is 5.80. The molecule has 0 saturated heterocycles. The van der Waals surface area contributed by atoms with E-state index in [2.05, 4.69) is 58.1 Å². The average molecular weight is 419 g/mol. The number of guanidine groups is 1. The molecule has 31 heavy (non-hydrogen) atoms. The van der Waals surface area contributed by atoms with Crippen LogP contribution in [0, 0.1) is 0 Å².